The first-order chi connectivity index (χ1) is 11.1. The molecule has 0 radical (unpaired) electrons. The first-order valence-electron chi connectivity index (χ1n) is 7.49. The summed E-state index contributed by atoms with van der Waals surface area (Å²) in [5.41, 5.74) is 1.79. The lowest BCUT2D eigenvalue weighted by Gasteiger charge is -2.17. The molecule has 2 aromatic rings. The van der Waals surface area contributed by atoms with Crippen molar-refractivity contribution in [1.29, 1.82) is 0 Å². The molecule has 1 N–H and O–H groups in total. The van der Waals surface area contributed by atoms with Crippen molar-refractivity contribution in [3.8, 4) is 5.75 Å². The smallest absolute Gasteiger partial charge is 0.286 e. The number of nitrogens with zero attached hydrogens (tertiary/aromatic N) is 1. The molecular formula is C17H18N2O4. The maximum absolute atomic E-state index is 11.9. The molecule has 0 saturated carbocycles. The first-order valence-corrected chi connectivity index (χ1v) is 7.49. The number of furan rings is 1. The Balaban J connectivity index is 1.64. The summed E-state index contributed by atoms with van der Waals surface area (Å²) < 4.78 is 10.6. The minimum absolute atomic E-state index is 0.0343. The molecule has 23 heavy (non-hydrogen) atoms. The molecule has 120 valence electrons. The minimum atomic E-state index is -0.236. The van der Waals surface area contributed by atoms with Crippen LogP contribution < -0.4 is 15.0 Å². The maximum Gasteiger partial charge on any atom is 0.286 e. The summed E-state index contributed by atoms with van der Waals surface area (Å²) in [4.78, 5) is 25.3. The number of anilines is 1. The van der Waals surface area contributed by atoms with E-state index in [-0.39, 0.29) is 11.8 Å². The zero-order valence-corrected chi connectivity index (χ0v) is 12.9. The number of ether oxygens (including phenoxy) is 1. The molecular weight excluding hydrogens is 296 g/mol. The van der Waals surface area contributed by atoms with E-state index in [4.69, 9.17) is 9.15 Å². The van der Waals surface area contributed by atoms with Crippen LogP contribution in [0.15, 0.2) is 41.0 Å². The van der Waals surface area contributed by atoms with E-state index in [1.54, 1.807) is 24.1 Å². The van der Waals surface area contributed by atoms with Crippen molar-refractivity contribution in [2.45, 2.75) is 12.8 Å². The zero-order valence-electron chi connectivity index (χ0n) is 12.9. The highest BCUT2D eigenvalue weighted by Gasteiger charge is 2.20. The number of rotatable bonds is 4. The molecule has 0 aliphatic carbocycles. The number of hydrogen-bond acceptors (Lipinski definition) is 4. The van der Waals surface area contributed by atoms with Gasteiger partial charge in [-0.1, -0.05) is 6.07 Å². The van der Waals surface area contributed by atoms with E-state index in [0.29, 0.717) is 37.5 Å². The van der Waals surface area contributed by atoms with Gasteiger partial charge in [-0.05, 0) is 36.2 Å². The number of carbonyl (C=O) groups is 2. The van der Waals surface area contributed by atoms with E-state index < -0.39 is 0 Å². The van der Waals surface area contributed by atoms with E-state index in [1.165, 1.54) is 6.26 Å². The maximum atomic E-state index is 11.9. The molecule has 0 saturated heterocycles. The van der Waals surface area contributed by atoms with Crippen molar-refractivity contribution in [1.82, 2.24) is 5.32 Å². The van der Waals surface area contributed by atoms with Crippen LogP contribution >= 0.6 is 0 Å². The summed E-state index contributed by atoms with van der Waals surface area (Å²) >= 11 is 0. The summed E-state index contributed by atoms with van der Waals surface area (Å²) in [6, 6.07) is 9.04. The molecule has 6 nitrogen and oxygen atoms in total. The summed E-state index contributed by atoms with van der Waals surface area (Å²) in [6.45, 7) is 0.881. The van der Waals surface area contributed by atoms with Crippen LogP contribution in [0, 0.1) is 0 Å². The summed E-state index contributed by atoms with van der Waals surface area (Å²) in [7, 11) is 1.75. The van der Waals surface area contributed by atoms with Gasteiger partial charge >= 0.3 is 0 Å². The van der Waals surface area contributed by atoms with Crippen LogP contribution in [0.1, 0.15) is 22.5 Å². The van der Waals surface area contributed by atoms with E-state index in [9.17, 15) is 9.59 Å². The average molecular weight is 314 g/mol. The van der Waals surface area contributed by atoms with E-state index in [2.05, 4.69) is 5.32 Å². The Labute approximate surface area is 134 Å². The Morgan fingerprint density at radius 2 is 2.22 bits per heavy atom. The predicted molar refractivity (Wildman–Crippen MR) is 84.7 cm³/mol. The number of hydrogen-bond donors (Lipinski definition) is 1. The molecule has 1 aromatic heterocycles. The Kier molecular flexibility index (Phi) is 4.32. The second-order valence-electron chi connectivity index (χ2n) is 5.34. The Morgan fingerprint density at radius 3 is 3.00 bits per heavy atom. The van der Waals surface area contributed by atoms with Gasteiger partial charge < -0.3 is 19.4 Å². The summed E-state index contributed by atoms with van der Waals surface area (Å²) in [5.74, 6) is 0.805. The Morgan fingerprint density at radius 1 is 1.35 bits per heavy atom. The zero-order chi connectivity index (χ0) is 16.2. The number of amides is 2. The number of benzene rings is 1. The molecule has 2 amide bonds. The van der Waals surface area contributed by atoms with E-state index >= 15 is 0 Å². The fraction of sp³-hybridized carbons (Fsp3) is 0.294. The molecule has 0 fully saturated rings. The van der Waals surface area contributed by atoms with Crippen molar-refractivity contribution in [3.63, 3.8) is 0 Å². The van der Waals surface area contributed by atoms with Crippen LogP contribution in [0.3, 0.4) is 0 Å². The highest BCUT2D eigenvalue weighted by Crippen LogP contribution is 2.31. The SMILES string of the molecule is CN1C(=O)CCOc2ccc(CCNC(=O)c3ccco3)cc21. The highest BCUT2D eigenvalue weighted by molar-refractivity contribution is 5.95. The highest BCUT2D eigenvalue weighted by atomic mass is 16.5. The van der Waals surface area contributed by atoms with Gasteiger partial charge in [0.1, 0.15) is 5.75 Å². The number of carbonyl (C=O) groups excluding carboxylic acids is 2. The van der Waals surface area contributed by atoms with E-state index in [0.717, 1.165) is 11.3 Å². The van der Waals surface area contributed by atoms with Gasteiger partial charge in [0.15, 0.2) is 5.76 Å². The van der Waals surface area contributed by atoms with Gasteiger partial charge in [-0.3, -0.25) is 9.59 Å². The normalized spacial score (nSPS) is 14.0. The largest absolute Gasteiger partial charge is 0.491 e. The molecule has 1 aliphatic heterocycles. The topological polar surface area (TPSA) is 71.8 Å². The van der Waals surface area contributed by atoms with Crippen molar-refractivity contribution in [2.75, 3.05) is 25.1 Å². The third-order valence-corrected chi connectivity index (χ3v) is 3.78. The van der Waals surface area contributed by atoms with Crippen LogP contribution in [0.25, 0.3) is 0 Å². The third-order valence-electron chi connectivity index (χ3n) is 3.78. The average Bonchev–Trinajstić information content (AvgIpc) is 3.05. The molecule has 2 heterocycles. The third kappa shape index (κ3) is 3.36. The molecule has 0 unspecified atom stereocenters. The van der Waals surface area contributed by atoms with Crippen LogP contribution in [-0.2, 0) is 11.2 Å². The van der Waals surface area contributed by atoms with Crippen LogP contribution in [-0.4, -0.2) is 32.0 Å². The fourth-order valence-electron chi connectivity index (χ4n) is 2.47. The van der Waals surface area contributed by atoms with Gasteiger partial charge in [0.05, 0.1) is 25.0 Å². The quantitative estimate of drug-likeness (QED) is 0.937. The van der Waals surface area contributed by atoms with Gasteiger partial charge in [0.25, 0.3) is 5.91 Å². The molecule has 1 aromatic carbocycles. The van der Waals surface area contributed by atoms with Crippen LogP contribution in [0.5, 0.6) is 5.75 Å². The van der Waals surface area contributed by atoms with Gasteiger partial charge in [0, 0.05) is 13.6 Å². The molecule has 1 aliphatic rings. The lowest BCUT2D eigenvalue weighted by Crippen LogP contribution is -2.26. The monoisotopic (exact) mass is 314 g/mol. The lowest BCUT2D eigenvalue weighted by molar-refractivity contribution is -0.118. The van der Waals surface area contributed by atoms with Gasteiger partial charge in [-0.2, -0.15) is 0 Å². The van der Waals surface area contributed by atoms with Gasteiger partial charge in [-0.15, -0.1) is 0 Å². The van der Waals surface area contributed by atoms with Gasteiger partial charge in [0.2, 0.25) is 5.91 Å². The number of nitrogens with one attached hydrogen (secondary N) is 1. The summed E-state index contributed by atoms with van der Waals surface area (Å²) in [5, 5.41) is 2.80. The van der Waals surface area contributed by atoms with Crippen molar-refractivity contribution >= 4 is 17.5 Å². The second kappa shape index (κ2) is 6.56. The van der Waals surface area contributed by atoms with Crippen molar-refractivity contribution in [2.24, 2.45) is 0 Å². The van der Waals surface area contributed by atoms with E-state index in [1.807, 2.05) is 18.2 Å². The number of fused-ring (bicyclic) bond motifs is 1. The Hall–Kier alpha value is -2.76. The molecule has 3 rings (SSSR count). The molecule has 6 heteroatoms. The molecule has 0 spiro atoms. The first kappa shape index (κ1) is 15.1. The fourth-order valence-corrected chi connectivity index (χ4v) is 2.47. The van der Waals surface area contributed by atoms with Crippen molar-refractivity contribution in [3.05, 3.63) is 47.9 Å². The summed E-state index contributed by atoms with van der Waals surface area (Å²) in [6.07, 6.45) is 2.50. The van der Waals surface area contributed by atoms with Crippen molar-refractivity contribution < 1.29 is 18.7 Å². The van der Waals surface area contributed by atoms with Gasteiger partial charge in [-0.25, -0.2) is 0 Å². The molecule has 0 atom stereocenters. The molecule has 0 bridgehead atoms. The minimum Gasteiger partial charge on any atom is -0.491 e. The Bertz CT molecular complexity index is 709. The van der Waals surface area contributed by atoms with Crippen LogP contribution in [0.2, 0.25) is 0 Å². The second-order valence-corrected chi connectivity index (χ2v) is 5.34. The van der Waals surface area contributed by atoms with Crippen LogP contribution in [0.4, 0.5) is 5.69 Å². The predicted octanol–water partition coefficient (Wildman–Crippen LogP) is 2.00. The standard InChI is InChI=1S/C17H18N2O4/c1-19-13-11-12(4-5-14(13)23-10-7-16(19)20)6-8-18-17(21)15-3-2-9-22-15/h2-5,9,11H,6-8,10H2,1H3,(H,18,21). The lowest BCUT2D eigenvalue weighted by atomic mass is 10.1.